The lowest BCUT2D eigenvalue weighted by molar-refractivity contribution is -0.121. The molecule has 1 aromatic carbocycles. The van der Waals surface area contributed by atoms with Crippen molar-refractivity contribution in [2.45, 2.75) is 26.3 Å². The smallest absolute Gasteiger partial charge is 0.262 e. The molecule has 0 radical (unpaired) electrons. The van der Waals surface area contributed by atoms with E-state index in [2.05, 4.69) is 20.8 Å². The van der Waals surface area contributed by atoms with Gasteiger partial charge >= 0.3 is 0 Å². The van der Waals surface area contributed by atoms with E-state index in [1.807, 2.05) is 50.2 Å². The van der Waals surface area contributed by atoms with Crippen LogP contribution < -0.4 is 15.5 Å². The maximum atomic E-state index is 12.2. The molecular weight excluding hydrogens is 304 g/mol. The van der Waals surface area contributed by atoms with Crippen LogP contribution in [0.5, 0.6) is 5.75 Å². The van der Waals surface area contributed by atoms with E-state index in [9.17, 15) is 4.79 Å². The van der Waals surface area contributed by atoms with Gasteiger partial charge in [-0.2, -0.15) is 5.10 Å². The summed E-state index contributed by atoms with van der Waals surface area (Å²) in [6.45, 7) is 4.51. The molecule has 1 unspecified atom stereocenters. The molecular formula is C18H22N4O2. The quantitative estimate of drug-likeness (QED) is 0.578. The highest BCUT2D eigenvalue weighted by atomic mass is 16.5. The standard InChI is InChI=1S/C18H22N4O2/c1-3-17(21-15-7-9-16(10-8-15)24-4-2)18(23)22-20-13-14-6-5-11-19-12-14/h5-13,17,21H,3-4H2,1-2H3,(H,22,23)/b20-13+. The van der Waals surface area contributed by atoms with Crippen molar-refractivity contribution >= 4 is 17.8 Å². The molecule has 0 saturated heterocycles. The average Bonchev–Trinajstić information content (AvgIpc) is 2.62. The second kappa shape index (κ2) is 9.29. The maximum Gasteiger partial charge on any atom is 0.262 e. The molecule has 1 aromatic heterocycles. The van der Waals surface area contributed by atoms with E-state index in [4.69, 9.17) is 4.74 Å². The molecule has 0 saturated carbocycles. The first-order chi connectivity index (χ1) is 11.7. The zero-order valence-corrected chi connectivity index (χ0v) is 13.9. The van der Waals surface area contributed by atoms with Crippen LogP contribution in [0.3, 0.4) is 0 Å². The van der Waals surface area contributed by atoms with Crippen molar-refractivity contribution in [3.05, 3.63) is 54.4 Å². The van der Waals surface area contributed by atoms with Gasteiger partial charge in [-0.15, -0.1) is 0 Å². The third kappa shape index (κ3) is 5.39. The lowest BCUT2D eigenvalue weighted by Crippen LogP contribution is -2.36. The Morgan fingerprint density at radius 1 is 1.29 bits per heavy atom. The highest BCUT2D eigenvalue weighted by molar-refractivity contribution is 5.86. The third-order valence-corrected chi connectivity index (χ3v) is 3.30. The second-order valence-electron chi connectivity index (χ2n) is 5.08. The molecule has 0 aliphatic rings. The molecule has 1 heterocycles. The summed E-state index contributed by atoms with van der Waals surface area (Å²) in [5, 5.41) is 7.16. The van der Waals surface area contributed by atoms with E-state index >= 15 is 0 Å². The highest BCUT2D eigenvalue weighted by Crippen LogP contribution is 2.17. The molecule has 2 rings (SSSR count). The topological polar surface area (TPSA) is 75.6 Å². The minimum Gasteiger partial charge on any atom is -0.494 e. The van der Waals surface area contributed by atoms with Crippen LogP contribution in [-0.2, 0) is 4.79 Å². The molecule has 126 valence electrons. The van der Waals surface area contributed by atoms with E-state index in [0.717, 1.165) is 17.0 Å². The Morgan fingerprint density at radius 2 is 2.08 bits per heavy atom. The van der Waals surface area contributed by atoms with Crippen molar-refractivity contribution in [3.63, 3.8) is 0 Å². The van der Waals surface area contributed by atoms with Gasteiger partial charge in [0.1, 0.15) is 11.8 Å². The Morgan fingerprint density at radius 3 is 2.71 bits per heavy atom. The summed E-state index contributed by atoms with van der Waals surface area (Å²) >= 11 is 0. The van der Waals surface area contributed by atoms with Crippen LogP contribution in [0.2, 0.25) is 0 Å². The summed E-state index contributed by atoms with van der Waals surface area (Å²) in [5.74, 6) is 0.619. The van der Waals surface area contributed by atoms with Crippen LogP contribution >= 0.6 is 0 Å². The predicted molar refractivity (Wildman–Crippen MR) is 95.3 cm³/mol. The first kappa shape index (κ1) is 17.5. The van der Waals surface area contributed by atoms with Crippen molar-refractivity contribution in [1.82, 2.24) is 10.4 Å². The van der Waals surface area contributed by atoms with E-state index in [-0.39, 0.29) is 11.9 Å². The third-order valence-electron chi connectivity index (χ3n) is 3.30. The fourth-order valence-corrected chi connectivity index (χ4v) is 2.07. The summed E-state index contributed by atoms with van der Waals surface area (Å²) in [5.41, 5.74) is 4.23. The SMILES string of the molecule is CCOc1ccc(NC(CC)C(=O)N/N=C/c2cccnc2)cc1. The summed E-state index contributed by atoms with van der Waals surface area (Å²) in [4.78, 5) is 16.2. The van der Waals surface area contributed by atoms with Crippen LogP contribution in [0.15, 0.2) is 53.9 Å². The predicted octanol–water partition coefficient (Wildman–Crippen LogP) is 2.82. The number of nitrogens with one attached hydrogen (secondary N) is 2. The molecule has 2 N–H and O–H groups in total. The fourth-order valence-electron chi connectivity index (χ4n) is 2.07. The Hall–Kier alpha value is -2.89. The Balaban J connectivity index is 1.90. The first-order valence-electron chi connectivity index (χ1n) is 7.95. The number of pyridine rings is 1. The van der Waals surface area contributed by atoms with Crippen LogP contribution in [0.1, 0.15) is 25.8 Å². The van der Waals surface area contributed by atoms with Gasteiger partial charge in [0.05, 0.1) is 12.8 Å². The van der Waals surface area contributed by atoms with Gasteiger partial charge in [-0.1, -0.05) is 13.0 Å². The van der Waals surface area contributed by atoms with E-state index in [1.54, 1.807) is 18.6 Å². The minimum atomic E-state index is -0.367. The Labute approximate surface area is 142 Å². The summed E-state index contributed by atoms with van der Waals surface area (Å²) in [6.07, 6.45) is 5.56. The van der Waals surface area contributed by atoms with Gasteiger partial charge in [-0.3, -0.25) is 9.78 Å². The van der Waals surface area contributed by atoms with Crippen LogP contribution in [0.4, 0.5) is 5.69 Å². The van der Waals surface area contributed by atoms with Gasteiger partial charge in [0.25, 0.3) is 5.91 Å². The molecule has 24 heavy (non-hydrogen) atoms. The molecule has 0 aliphatic heterocycles. The fraction of sp³-hybridized carbons (Fsp3) is 0.278. The Kier molecular flexibility index (Phi) is 6.76. The number of rotatable bonds is 8. The number of hydrogen-bond acceptors (Lipinski definition) is 5. The summed E-state index contributed by atoms with van der Waals surface area (Å²) in [6, 6.07) is 10.8. The molecule has 6 nitrogen and oxygen atoms in total. The number of benzene rings is 1. The highest BCUT2D eigenvalue weighted by Gasteiger charge is 2.15. The number of hydrogen-bond donors (Lipinski definition) is 2. The van der Waals surface area contributed by atoms with Gasteiger partial charge in [-0.05, 0) is 43.7 Å². The van der Waals surface area contributed by atoms with Crippen LogP contribution in [0.25, 0.3) is 0 Å². The normalized spacial score (nSPS) is 11.9. The zero-order valence-electron chi connectivity index (χ0n) is 13.9. The van der Waals surface area contributed by atoms with Crippen LogP contribution in [0, 0.1) is 0 Å². The number of anilines is 1. The lowest BCUT2D eigenvalue weighted by atomic mass is 10.2. The molecule has 2 aromatic rings. The molecule has 1 amide bonds. The monoisotopic (exact) mass is 326 g/mol. The van der Waals surface area contributed by atoms with Crippen LogP contribution in [-0.4, -0.2) is 29.8 Å². The molecule has 0 spiro atoms. The van der Waals surface area contributed by atoms with Crippen molar-refractivity contribution in [2.75, 3.05) is 11.9 Å². The van der Waals surface area contributed by atoms with E-state index < -0.39 is 0 Å². The number of carbonyl (C=O) groups is 1. The number of nitrogens with zero attached hydrogens (tertiary/aromatic N) is 2. The van der Waals surface area contributed by atoms with Gasteiger partial charge in [0.2, 0.25) is 0 Å². The molecule has 0 aliphatic carbocycles. The molecule has 6 heteroatoms. The number of hydrazone groups is 1. The van der Waals surface area contributed by atoms with Crippen molar-refractivity contribution in [2.24, 2.45) is 5.10 Å². The number of aromatic nitrogens is 1. The minimum absolute atomic E-state index is 0.188. The lowest BCUT2D eigenvalue weighted by Gasteiger charge is -2.16. The molecule has 0 bridgehead atoms. The Bertz CT molecular complexity index is 656. The largest absolute Gasteiger partial charge is 0.494 e. The average molecular weight is 326 g/mol. The molecule has 0 fully saturated rings. The van der Waals surface area contributed by atoms with Gasteiger partial charge in [-0.25, -0.2) is 5.43 Å². The summed E-state index contributed by atoms with van der Waals surface area (Å²) in [7, 11) is 0. The van der Waals surface area contributed by atoms with Gasteiger partial charge in [0.15, 0.2) is 0 Å². The number of ether oxygens (including phenoxy) is 1. The van der Waals surface area contributed by atoms with E-state index in [0.29, 0.717) is 13.0 Å². The number of carbonyl (C=O) groups excluding carboxylic acids is 1. The first-order valence-corrected chi connectivity index (χ1v) is 7.95. The van der Waals surface area contributed by atoms with Crippen molar-refractivity contribution in [3.8, 4) is 5.75 Å². The van der Waals surface area contributed by atoms with E-state index in [1.165, 1.54) is 0 Å². The maximum absolute atomic E-state index is 12.2. The van der Waals surface area contributed by atoms with Gasteiger partial charge in [0, 0.05) is 23.6 Å². The second-order valence-corrected chi connectivity index (χ2v) is 5.08. The van der Waals surface area contributed by atoms with Crippen molar-refractivity contribution in [1.29, 1.82) is 0 Å². The number of amides is 1. The van der Waals surface area contributed by atoms with Gasteiger partial charge < -0.3 is 10.1 Å². The molecule has 1 atom stereocenters. The zero-order chi connectivity index (χ0) is 17.2. The van der Waals surface area contributed by atoms with Crippen molar-refractivity contribution < 1.29 is 9.53 Å². The summed E-state index contributed by atoms with van der Waals surface area (Å²) < 4.78 is 5.40.